The van der Waals surface area contributed by atoms with Crippen LogP contribution < -0.4 is 10.8 Å². The van der Waals surface area contributed by atoms with E-state index in [2.05, 4.69) is 5.73 Å². The number of carboxylic acid groups (broad SMARTS) is 1. The monoisotopic (exact) mass is 234 g/mol. The van der Waals surface area contributed by atoms with Gasteiger partial charge in [-0.25, -0.2) is 0 Å². The summed E-state index contributed by atoms with van der Waals surface area (Å²) in [6.07, 6.45) is 0. The molecule has 0 bridgehead atoms. The van der Waals surface area contributed by atoms with Gasteiger partial charge in [0.1, 0.15) is 5.37 Å². The lowest BCUT2D eigenvalue weighted by Gasteiger charge is -2.46. The molecule has 0 unspecified atom stereocenters. The maximum atomic E-state index is 11.3. The van der Waals surface area contributed by atoms with Crippen LogP contribution in [0.1, 0.15) is 0 Å². The van der Waals surface area contributed by atoms with Gasteiger partial charge in [0.2, 0.25) is 0 Å². The first-order valence-corrected chi connectivity index (χ1v) is 5.34. The Bertz CT molecular complexity index is 357. The number of nitrogens with zero attached hydrogens (tertiary/aromatic N) is 1. The molecule has 3 N–H and O–H groups in total. The molecule has 2 heterocycles. The highest BCUT2D eigenvalue weighted by molar-refractivity contribution is 8.00. The fraction of sp³-hybridized carbons (Fsp3) is 0.429. The van der Waals surface area contributed by atoms with E-state index in [0.717, 1.165) is 4.90 Å². The summed E-state index contributed by atoms with van der Waals surface area (Å²) in [6.45, 7) is 0. The van der Waals surface area contributed by atoms with Crippen molar-refractivity contribution >= 4 is 35.2 Å². The van der Waals surface area contributed by atoms with Crippen LogP contribution >= 0.6 is 23.4 Å². The molecule has 5 nitrogen and oxygen atoms in total. The highest BCUT2D eigenvalue weighted by atomic mass is 35.5. The van der Waals surface area contributed by atoms with Gasteiger partial charge in [0, 0.05) is 5.75 Å². The maximum absolute atomic E-state index is 11.3. The lowest BCUT2D eigenvalue weighted by atomic mass is 10.1. The van der Waals surface area contributed by atoms with Gasteiger partial charge in [-0.3, -0.25) is 9.69 Å². The summed E-state index contributed by atoms with van der Waals surface area (Å²) in [5.41, 5.74) is 3.44. The van der Waals surface area contributed by atoms with E-state index in [-0.39, 0.29) is 28.1 Å². The van der Waals surface area contributed by atoms with Crippen molar-refractivity contribution in [3.05, 3.63) is 10.7 Å². The molecule has 0 aromatic carbocycles. The second kappa shape index (κ2) is 3.15. The number of aliphatic carboxylic acids is 1. The number of rotatable bonds is 1. The first kappa shape index (κ1) is 9.82. The van der Waals surface area contributed by atoms with Crippen LogP contribution in [0.15, 0.2) is 10.7 Å². The van der Waals surface area contributed by atoms with E-state index in [1.165, 1.54) is 11.8 Å². The van der Waals surface area contributed by atoms with Crippen LogP contribution in [0.25, 0.3) is 0 Å². The summed E-state index contributed by atoms with van der Waals surface area (Å²) < 4.78 is 0. The Labute approximate surface area is 88.9 Å². The van der Waals surface area contributed by atoms with Gasteiger partial charge < -0.3 is 15.6 Å². The maximum Gasteiger partial charge on any atom is 0.289 e. The molecule has 2 rings (SSSR count). The standard InChI is InChI=1S/C7H7ClN2O3S/c8-2-1-14-6-3(9)5(11)10(6)4(2)7(12)13/h3,6H,1,9H2,(H,12,13)/t3-,6-/m0/s1. The van der Waals surface area contributed by atoms with Crippen molar-refractivity contribution in [3.63, 3.8) is 0 Å². The number of carbonyl (C=O) groups excluding carboxylic acids is 2. The molecular weight excluding hydrogens is 228 g/mol. The number of carboxylic acids is 1. The normalized spacial score (nSPS) is 31.3. The summed E-state index contributed by atoms with van der Waals surface area (Å²) in [7, 11) is 0. The molecule has 2 aliphatic rings. The van der Waals surface area contributed by atoms with Gasteiger partial charge in [-0.2, -0.15) is 0 Å². The summed E-state index contributed by atoms with van der Waals surface area (Å²) in [5, 5.41) is 10.7. The van der Waals surface area contributed by atoms with Crippen LogP contribution in [0.2, 0.25) is 0 Å². The summed E-state index contributed by atoms with van der Waals surface area (Å²) in [6, 6.07) is -0.376. The second-order valence-electron chi connectivity index (χ2n) is 3.06. The lowest BCUT2D eigenvalue weighted by Crippen LogP contribution is -2.83. The van der Waals surface area contributed by atoms with Gasteiger partial charge in [-0.1, -0.05) is 11.6 Å². The zero-order valence-corrected chi connectivity index (χ0v) is 8.60. The fourth-order valence-corrected chi connectivity index (χ4v) is 3.04. The van der Waals surface area contributed by atoms with Crippen LogP contribution in [-0.4, -0.2) is 33.9 Å². The topological polar surface area (TPSA) is 88.1 Å². The number of fused-ring (bicyclic) bond motifs is 1. The van der Waals surface area contributed by atoms with Gasteiger partial charge in [-0.15, -0.1) is 11.8 Å². The summed E-state index contributed by atoms with van der Waals surface area (Å²) in [4.78, 5) is 23.2. The van der Waals surface area contributed by atoms with Crippen molar-refractivity contribution in [1.29, 1.82) is 0 Å². The quantitative estimate of drug-likeness (QED) is 0.518. The minimum absolute atomic E-state index is 0.159. The molecule has 0 aromatic heterocycles. The molecule has 7 heteroatoms. The number of thioether (sulfide) groups is 1. The van der Waals surface area contributed by atoms with Crippen molar-refractivity contribution in [2.45, 2.75) is 11.4 Å². The molecule has 0 saturated carbocycles. The van der Waals surface area contributed by atoms with Gasteiger partial charge in [0.15, 0.2) is 6.04 Å². The average Bonchev–Trinajstić information content (AvgIpc) is 2.15. The van der Waals surface area contributed by atoms with Crippen LogP contribution in [0.4, 0.5) is 0 Å². The molecular formula is C7H7ClN2O3S. The van der Waals surface area contributed by atoms with Gasteiger partial charge in [0.25, 0.3) is 5.91 Å². The van der Waals surface area contributed by atoms with E-state index < -0.39 is 5.97 Å². The Balaban J connectivity index is 2.37. The number of quaternary nitrogens is 1. The van der Waals surface area contributed by atoms with Crippen molar-refractivity contribution in [2.75, 3.05) is 5.75 Å². The minimum Gasteiger partial charge on any atom is -0.543 e. The first-order valence-electron chi connectivity index (χ1n) is 3.91. The summed E-state index contributed by atoms with van der Waals surface area (Å²) in [5.74, 6) is -1.31. The molecule has 1 saturated heterocycles. The number of halogens is 1. The van der Waals surface area contributed by atoms with Crippen molar-refractivity contribution in [3.8, 4) is 0 Å². The second-order valence-corrected chi connectivity index (χ2v) is 4.62. The predicted octanol–water partition coefficient (Wildman–Crippen LogP) is -2.29. The van der Waals surface area contributed by atoms with Gasteiger partial charge in [-0.05, 0) is 0 Å². The highest BCUT2D eigenvalue weighted by Gasteiger charge is 2.53. The molecule has 0 radical (unpaired) electrons. The number of amides is 1. The minimum atomic E-state index is -1.40. The summed E-state index contributed by atoms with van der Waals surface area (Å²) >= 11 is 7.12. The van der Waals surface area contributed by atoms with E-state index in [1.807, 2.05) is 0 Å². The van der Waals surface area contributed by atoms with Crippen molar-refractivity contribution < 1.29 is 20.4 Å². The SMILES string of the molecule is [NH3+][C@H]1C(=O)N2C(C(=O)[O-])=C(Cl)CS[C@@H]12. The molecule has 0 aliphatic carbocycles. The fourth-order valence-electron chi connectivity index (χ4n) is 1.52. The Morgan fingerprint density at radius 3 is 2.93 bits per heavy atom. The number of carbonyl (C=O) groups is 2. The van der Waals surface area contributed by atoms with Gasteiger partial charge in [0.05, 0.1) is 16.7 Å². The van der Waals surface area contributed by atoms with Crippen LogP contribution in [-0.2, 0) is 9.59 Å². The number of hydrogen-bond acceptors (Lipinski definition) is 4. The molecule has 1 fully saturated rings. The molecule has 0 aromatic rings. The predicted molar refractivity (Wildman–Crippen MR) is 47.7 cm³/mol. The lowest BCUT2D eigenvalue weighted by molar-refractivity contribution is -0.424. The molecule has 2 aliphatic heterocycles. The van der Waals surface area contributed by atoms with Crippen LogP contribution in [0.3, 0.4) is 0 Å². The van der Waals surface area contributed by atoms with E-state index in [9.17, 15) is 14.7 Å². The van der Waals surface area contributed by atoms with Crippen molar-refractivity contribution in [2.24, 2.45) is 0 Å². The Morgan fingerprint density at radius 2 is 2.36 bits per heavy atom. The van der Waals surface area contributed by atoms with E-state index in [0.29, 0.717) is 5.75 Å². The first-order chi connectivity index (χ1) is 6.54. The molecule has 76 valence electrons. The largest absolute Gasteiger partial charge is 0.543 e. The number of β-lactam (4-membered cyclic amide) rings is 1. The third-order valence-corrected chi connectivity index (χ3v) is 4.03. The zero-order valence-electron chi connectivity index (χ0n) is 7.03. The zero-order chi connectivity index (χ0) is 10.5. The van der Waals surface area contributed by atoms with E-state index in [4.69, 9.17) is 11.6 Å². The molecule has 14 heavy (non-hydrogen) atoms. The molecule has 0 spiro atoms. The third-order valence-electron chi connectivity index (χ3n) is 2.23. The van der Waals surface area contributed by atoms with Crippen LogP contribution in [0.5, 0.6) is 0 Å². The average molecular weight is 235 g/mol. The Hall–Kier alpha value is -0.720. The van der Waals surface area contributed by atoms with Crippen LogP contribution in [0, 0.1) is 0 Å². The van der Waals surface area contributed by atoms with E-state index in [1.54, 1.807) is 0 Å². The van der Waals surface area contributed by atoms with E-state index >= 15 is 0 Å². The highest BCUT2D eigenvalue weighted by Crippen LogP contribution is 2.39. The Kier molecular flexibility index (Phi) is 2.21. The van der Waals surface area contributed by atoms with Crippen molar-refractivity contribution in [1.82, 2.24) is 4.90 Å². The number of hydrogen-bond donors (Lipinski definition) is 1. The van der Waals surface area contributed by atoms with Gasteiger partial charge >= 0.3 is 0 Å². The Morgan fingerprint density at radius 1 is 1.71 bits per heavy atom. The third kappa shape index (κ3) is 1.14. The molecule has 2 atom stereocenters. The smallest absolute Gasteiger partial charge is 0.289 e. The molecule has 1 amide bonds.